The van der Waals surface area contributed by atoms with E-state index in [9.17, 15) is 0 Å². The third kappa shape index (κ3) is 1.33. The number of rotatable bonds is 2. The molecule has 0 saturated carbocycles. The first-order valence-corrected chi connectivity index (χ1v) is 4.40. The normalized spacial score (nSPS) is 37.5. The van der Waals surface area contributed by atoms with Crippen LogP contribution in [0.15, 0.2) is 12.7 Å². The number of hydrogen-bond acceptors (Lipinski definition) is 2. The first kappa shape index (κ1) is 7.32. The molecular weight excluding hydrogens is 138 g/mol. The highest BCUT2D eigenvalue weighted by Gasteiger charge is 2.34. The Morgan fingerprint density at radius 2 is 2.45 bits per heavy atom. The van der Waals surface area contributed by atoms with Gasteiger partial charge in [0, 0.05) is 13.1 Å². The van der Waals surface area contributed by atoms with Gasteiger partial charge in [-0.1, -0.05) is 6.08 Å². The summed E-state index contributed by atoms with van der Waals surface area (Å²) in [5.41, 5.74) is 0. The fourth-order valence-electron chi connectivity index (χ4n) is 2.02. The van der Waals surface area contributed by atoms with Gasteiger partial charge in [0.05, 0.1) is 6.10 Å². The maximum atomic E-state index is 5.74. The standard InChI is InChI=1S/C9H15NO/c1-2-6-10-7-8-4-3-5-9(10)11-8/h2,8-9H,1,3-7H2. The highest BCUT2D eigenvalue weighted by atomic mass is 16.5. The van der Waals surface area contributed by atoms with Crippen molar-refractivity contribution in [2.24, 2.45) is 0 Å². The van der Waals surface area contributed by atoms with Gasteiger partial charge in [-0.15, -0.1) is 6.58 Å². The summed E-state index contributed by atoms with van der Waals surface area (Å²) in [7, 11) is 0. The van der Waals surface area contributed by atoms with E-state index >= 15 is 0 Å². The summed E-state index contributed by atoms with van der Waals surface area (Å²) in [4.78, 5) is 2.38. The molecule has 2 fully saturated rings. The molecule has 0 aromatic carbocycles. The van der Waals surface area contributed by atoms with Gasteiger partial charge in [0.15, 0.2) is 0 Å². The zero-order chi connectivity index (χ0) is 7.68. The zero-order valence-corrected chi connectivity index (χ0v) is 6.83. The Kier molecular flexibility index (Phi) is 1.96. The van der Waals surface area contributed by atoms with Gasteiger partial charge >= 0.3 is 0 Å². The molecule has 0 spiro atoms. The molecule has 2 aliphatic rings. The maximum absolute atomic E-state index is 5.74. The van der Waals surface area contributed by atoms with Crippen LogP contribution in [0.3, 0.4) is 0 Å². The third-order valence-electron chi connectivity index (χ3n) is 2.54. The number of ether oxygens (including phenoxy) is 1. The van der Waals surface area contributed by atoms with Gasteiger partial charge in [-0.2, -0.15) is 0 Å². The summed E-state index contributed by atoms with van der Waals surface area (Å²) >= 11 is 0. The Balaban J connectivity index is 1.97. The first-order valence-electron chi connectivity index (χ1n) is 4.40. The van der Waals surface area contributed by atoms with Gasteiger partial charge in [0.1, 0.15) is 6.23 Å². The Bertz CT molecular complexity index is 158. The number of likely N-dealkylation sites (tertiary alicyclic amines) is 1. The van der Waals surface area contributed by atoms with Gasteiger partial charge in [-0.05, 0) is 19.3 Å². The Hall–Kier alpha value is -0.340. The van der Waals surface area contributed by atoms with Crippen LogP contribution >= 0.6 is 0 Å². The van der Waals surface area contributed by atoms with E-state index in [1.807, 2.05) is 6.08 Å². The van der Waals surface area contributed by atoms with Gasteiger partial charge in [-0.3, -0.25) is 4.90 Å². The van der Waals surface area contributed by atoms with Crippen LogP contribution in [0.4, 0.5) is 0 Å². The number of nitrogens with zero attached hydrogens (tertiary/aromatic N) is 1. The second-order valence-corrected chi connectivity index (χ2v) is 3.39. The average Bonchev–Trinajstić information content (AvgIpc) is 2.29. The van der Waals surface area contributed by atoms with Gasteiger partial charge in [-0.25, -0.2) is 0 Å². The van der Waals surface area contributed by atoms with E-state index in [4.69, 9.17) is 4.74 Å². The molecule has 0 amide bonds. The lowest BCUT2D eigenvalue weighted by molar-refractivity contribution is -0.0304. The first-order chi connectivity index (χ1) is 5.40. The molecule has 11 heavy (non-hydrogen) atoms. The molecule has 2 heteroatoms. The van der Waals surface area contributed by atoms with Crippen LogP contribution in [0.2, 0.25) is 0 Å². The lowest BCUT2D eigenvalue weighted by Crippen LogP contribution is -2.29. The van der Waals surface area contributed by atoms with Crippen LogP contribution in [0.5, 0.6) is 0 Å². The Labute approximate surface area is 67.8 Å². The fourth-order valence-corrected chi connectivity index (χ4v) is 2.02. The minimum absolute atomic E-state index is 0.409. The highest BCUT2D eigenvalue weighted by molar-refractivity contribution is 4.86. The quantitative estimate of drug-likeness (QED) is 0.556. The molecule has 0 aromatic heterocycles. The monoisotopic (exact) mass is 153 g/mol. The summed E-state index contributed by atoms with van der Waals surface area (Å²) in [5, 5.41) is 0. The van der Waals surface area contributed by atoms with E-state index in [0.717, 1.165) is 13.1 Å². The molecule has 2 nitrogen and oxygen atoms in total. The van der Waals surface area contributed by atoms with Gasteiger partial charge in [0.25, 0.3) is 0 Å². The zero-order valence-electron chi connectivity index (χ0n) is 6.83. The summed E-state index contributed by atoms with van der Waals surface area (Å²) in [6.45, 7) is 5.85. The largest absolute Gasteiger partial charge is 0.359 e. The van der Waals surface area contributed by atoms with Crippen LogP contribution < -0.4 is 0 Å². The SMILES string of the molecule is C=CCN1CC2CCCC1O2. The molecule has 62 valence electrons. The summed E-state index contributed by atoms with van der Waals surface area (Å²) in [6.07, 6.45) is 6.70. The van der Waals surface area contributed by atoms with E-state index in [-0.39, 0.29) is 0 Å². The molecule has 0 N–H and O–H groups in total. The van der Waals surface area contributed by atoms with Crippen LogP contribution in [0.25, 0.3) is 0 Å². The average molecular weight is 153 g/mol. The molecule has 0 aliphatic carbocycles. The second-order valence-electron chi connectivity index (χ2n) is 3.39. The molecule has 2 aliphatic heterocycles. The smallest absolute Gasteiger partial charge is 0.111 e. The summed E-state index contributed by atoms with van der Waals surface area (Å²) in [5.74, 6) is 0. The minimum atomic E-state index is 0.409. The van der Waals surface area contributed by atoms with Gasteiger partial charge in [0.2, 0.25) is 0 Å². The van der Waals surface area contributed by atoms with Gasteiger partial charge < -0.3 is 4.74 Å². The van der Waals surface area contributed by atoms with Crippen molar-refractivity contribution >= 4 is 0 Å². The highest BCUT2D eigenvalue weighted by Crippen LogP contribution is 2.28. The minimum Gasteiger partial charge on any atom is -0.359 e. The molecule has 0 aromatic rings. The van der Waals surface area contributed by atoms with Crippen molar-refractivity contribution in [3.63, 3.8) is 0 Å². The van der Waals surface area contributed by atoms with Crippen molar-refractivity contribution in [1.29, 1.82) is 0 Å². The van der Waals surface area contributed by atoms with Crippen molar-refractivity contribution in [2.45, 2.75) is 31.6 Å². The maximum Gasteiger partial charge on any atom is 0.111 e. The third-order valence-corrected chi connectivity index (χ3v) is 2.54. The lowest BCUT2D eigenvalue weighted by Gasteiger charge is -2.22. The summed E-state index contributed by atoms with van der Waals surface area (Å²) in [6, 6.07) is 0. The van der Waals surface area contributed by atoms with E-state index in [0.29, 0.717) is 12.3 Å². The molecule has 2 heterocycles. The Morgan fingerprint density at radius 1 is 1.55 bits per heavy atom. The van der Waals surface area contributed by atoms with Crippen LogP contribution in [-0.4, -0.2) is 30.3 Å². The molecule has 0 radical (unpaired) electrons. The molecule has 2 saturated heterocycles. The molecule has 2 bridgehead atoms. The van der Waals surface area contributed by atoms with Crippen molar-refractivity contribution in [1.82, 2.24) is 4.90 Å². The molecule has 2 atom stereocenters. The lowest BCUT2D eigenvalue weighted by atomic mass is 10.1. The topological polar surface area (TPSA) is 12.5 Å². The number of hydrogen-bond donors (Lipinski definition) is 0. The molecular formula is C9H15NO. The van der Waals surface area contributed by atoms with E-state index in [1.54, 1.807) is 0 Å². The molecule has 2 unspecified atom stereocenters. The van der Waals surface area contributed by atoms with Crippen LogP contribution in [-0.2, 0) is 4.74 Å². The summed E-state index contributed by atoms with van der Waals surface area (Å²) < 4.78 is 5.74. The van der Waals surface area contributed by atoms with Crippen molar-refractivity contribution in [3.05, 3.63) is 12.7 Å². The van der Waals surface area contributed by atoms with E-state index in [2.05, 4.69) is 11.5 Å². The predicted octanol–water partition coefficient (Wildman–Crippen LogP) is 1.38. The van der Waals surface area contributed by atoms with Crippen molar-refractivity contribution in [2.75, 3.05) is 13.1 Å². The second kappa shape index (κ2) is 2.95. The fraction of sp³-hybridized carbons (Fsp3) is 0.778. The predicted molar refractivity (Wildman–Crippen MR) is 44.3 cm³/mol. The van der Waals surface area contributed by atoms with E-state index < -0.39 is 0 Å². The Morgan fingerprint density at radius 3 is 3.18 bits per heavy atom. The van der Waals surface area contributed by atoms with Crippen LogP contribution in [0, 0.1) is 0 Å². The van der Waals surface area contributed by atoms with Crippen LogP contribution in [0.1, 0.15) is 19.3 Å². The van der Waals surface area contributed by atoms with E-state index in [1.165, 1.54) is 19.3 Å². The van der Waals surface area contributed by atoms with Crippen molar-refractivity contribution in [3.8, 4) is 0 Å². The van der Waals surface area contributed by atoms with Crippen molar-refractivity contribution < 1.29 is 4.74 Å². The molecule has 2 rings (SSSR count). The number of fused-ring (bicyclic) bond motifs is 2.